The van der Waals surface area contributed by atoms with Crippen LogP contribution >= 0.6 is 0 Å². The third-order valence-electron chi connectivity index (χ3n) is 3.96. The van der Waals surface area contributed by atoms with Gasteiger partial charge in [-0.2, -0.15) is 0 Å². The van der Waals surface area contributed by atoms with Crippen LogP contribution < -0.4 is 5.32 Å². The maximum atomic E-state index is 13.4. The molecule has 3 rings (SSSR count). The highest BCUT2D eigenvalue weighted by molar-refractivity contribution is 5.96. The molecular weight excluding hydrogens is 332 g/mol. The second-order valence-electron chi connectivity index (χ2n) is 5.74. The number of anilines is 1. The van der Waals surface area contributed by atoms with E-state index in [4.69, 9.17) is 0 Å². The topological polar surface area (TPSA) is 27.8 Å². The van der Waals surface area contributed by atoms with Gasteiger partial charge in [0.1, 0.15) is 0 Å². The first-order valence-corrected chi connectivity index (χ1v) is 7.73. The van der Waals surface area contributed by atoms with Gasteiger partial charge in [0.2, 0.25) is 6.43 Å². The van der Waals surface area contributed by atoms with Crippen LogP contribution in [0, 0.1) is 11.6 Å². The van der Waals surface area contributed by atoms with Gasteiger partial charge in [0.15, 0.2) is 11.6 Å². The summed E-state index contributed by atoms with van der Waals surface area (Å²) in [6.07, 6.45) is -0.573. The van der Waals surface area contributed by atoms with Crippen LogP contribution in [0.25, 0.3) is 16.6 Å². The summed E-state index contributed by atoms with van der Waals surface area (Å²) in [5, 5.41) is 3.57. The molecule has 130 valence electrons. The molecule has 0 saturated heterocycles. The van der Waals surface area contributed by atoms with Crippen LogP contribution in [-0.4, -0.2) is 11.4 Å². The van der Waals surface area contributed by atoms with Gasteiger partial charge in [-0.1, -0.05) is 30.8 Å². The van der Waals surface area contributed by atoms with Gasteiger partial charge >= 0.3 is 0 Å². The van der Waals surface area contributed by atoms with E-state index in [9.17, 15) is 17.6 Å². The molecule has 1 heterocycles. The van der Waals surface area contributed by atoms with Crippen molar-refractivity contribution in [2.24, 2.45) is 0 Å². The average Bonchev–Trinajstić information content (AvgIpc) is 2.95. The Hall–Kier alpha value is -2.76. The zero-order chi connectivity index (χ0) is 18.0. The molecule has 0 radical (unpaired) electrons. The van der Waals surface area contributed by atoms with Gasteiger partial charge < -0.3 is 10.3 Å². The number of aromatic amines is 1. The van der Waals surface area contributed by atoms with Crippen LogP contribution in [0.15, 0.2) is 49.2 Å². The zero-order valence-electron chi connectivity index (χ0n) is 13.3. The summed E-state index contributed by atoms with van der Waals surface area (Å²) in [5.74, 6) is -1.84. The molecule has 2 nitrogen and oxygen atoms in total. The fraction of sp³-hybridized carbons (Fsp3) is 0.158. The van der Waals surface area contributed by atoms with Crippen LogP contribution in [0.4, 0.5) is 23.2 Å². The molecule has 2 N–H and O–H groups in total. The minimum atomic E-state index is -2.32. The van der Waals surface area contributed by atoms with Crippen LogP contribution in [0.1, 0.15) is 17.5 Å². The molecule has 25 heavy (non-hydrogen) atoms. The van der Waals surface area contributed by atoms with E-state index in [0.29, 0.717) is 28.7 Å². The molecule has 0 aliphatic rings. The third kappa shape index (κ3) is 3.84. The SMILES string of the molecule is C=C(Nc1c[nH]c2cc(F)c(F)cc12)c1ccc(CCC(F)F)cc1. The summed E-state index contributed by atoms with van der Waals surface area (Å²) in [6, 6.07) is 9.32. The first kappa shape index (κ1) is 17.1. The smallest absolute Gasteiger partial charge is 0.239 e. The Morgan fingerprint density at radius 3 is 2.44 bits per heavy atom. The average molecular weight is 348 g/mol. The van der Waals surface area contributed by atoms with Crippen molar-refractivity contribution in [3.63, 3.8) is 0 Å². The van der Waals surface area contributed by atoms with Crippen molar-refractivity contribution in [3.05, 3.63) is 71.9 Å². The van der Waals surface area contributed by atoms with E-state index in [1.54, 1.807) is 30.5 Å². The number of aryl methyl sites for hydroxylation is 1. The molecule has 0 aliphatic heterocycles. The summed E-state index contributed by atoms with van der Waals surface area (Å²) >= 11 is 0. The maximum Gasteiger partial charge on any atom is 0.239 e. The van der Waals surface area contributed by atoms with E-state index in [0.717, 1.165) is 23.3 Å². The lowest BCUT2D eigenvalue weighted by Crippen LogP contribution is -1.98. The number of hydrogen-bond acceptors (Lipinski definition) is 1. The monoisotopic (exact) mass is 348 g/mol. The van der Waals surface area contributed by atoms with Crippen LogP contribution in [0.2, 0.25) is 0 Å². The van der Waals surface area contributed by atoms with E-state index in [1.165, 1.54) is 0 Å². The number of H-pyrrole nitrogens is 1. The van der Waals surface area contributed by atoms with E-state index in [1.807, 2.05) is 0 Å². The number of alkyl halides is 2. The van der Waals surface area contributed by atoms with Crippen molar-refractivity contribution < 1.29 is 17.6 Å². The number of rotatable bonds is 6. The highest BCUT2D eigenvalue weighted by Gasteiger charge is 2.10. The van der Waals surface area contributed by atoms with Gasteiger partial charge in [0, 0.05) is 29.8 Å². The van der Waals surface area contributed by atoms with E-state index >= 15 is 0 Å². The highest BCUT2D eigenvalue weighted by atomic mass is 19.3. The quantitative estimate of drug-likeness (QED) is 0.547. The van der Waals surface area contributed by atoms with Gasteiger partial charge in [0.05, 0.1) is 11.2 Å². The van der Waals surface area contributed by atoms with Crippen molar-refractivity contribution in [3.8, 4) is 0 Å². The standard InChI is InChI=1S/C19H16F4N2/c1-11(13-5-2-12(3-6-13)4-7-19(22)23)25-18-10-24-17-9-16(21)15(20)8-14(17)18/h2-3,5-6,8-10,19,24-25H,1,4,7H2. The number of nitrogens with one attached hydrogen (secondary N) is 2. The summed E-state index contributed by atoms with van der Waals surface area (Å²) in [5.41, 5.74) is 3.20. The molecular formula is C19H16F4N2. The Morgan fingerprint density at radius 2 is 1.76 bits per heavy atom. The largest absolute Gasteiger partial charge is 0.359 e. The van der Waals surface area contributed by atoms with E-state index in [2.05, 4.69) is 16.9 Å². The van der Waals surface area contributed by atoms with Crippen LogP contribution in [-0.2, 0) is 6.42 Å². The Bertz CT molecular complexity index is 898. The molecule has 0 saturated carbocycles. The first-order valence-electron chi connectivity index (χ1n) is 7.73. The molecule has 2 aromatic carbocycles. The lowest BCUT2D eigenvalue weighted by atomic mass is 10.1. The second-order valence-corrected chi connectivity index (χ2v) is 5.74. The highest BCUT2D eigenvalue weighted by Crippen LogP contribution is 2.28. The van der Waals surface area contributed by atoms with Crippen LogP contribution in [0.3, 0.4) is 0 Å². The van der Waals surface area contributed by atoms with Gasteiger partial charge in [-0.25, -0.2) is 17.6 Å². The Labute approximate surface area is 142 Å². The summed E-state index contributed by atoms with van der Waals surface area (Å²) in [6.45, 7) is 3.94. The number of hydrogen-bond donors (Lipinski definition) is 2. The predicted octanol–water partition coefficient (Wildman–Crippen LogP) is 5.73. The van der Waals surface area contributed by atoms with Crippen molar-refractivity contribution >= 4 is 22.3 Å². The summed E-state index contributed by atoms with van der Waals surface area (Å²) in [7, 11) is 0. The van der Waals surface area contributed by atoms with Crippen molar-refractivity contribution in [1.29, 1.82) is 0 Å². The molecule has 0 amide bonds. The lowest BCUT2D eigenvalue weighted by Gasteiger charge is -2.10. The number of aromatic nitrogens is 1. The van der Waals surface area contributed by atoms with Crippen LogP contribution in [0.5, 0.6) is 0 Å². The lowest BCUT2D eigenvalue weighted by molar-refractivity contribution is 0.138. The number of fused-ring (bicyclic) bond motifs is 1. The first-order chi connectivity index (χ1) is 11.9. The fourth-order valence-corrected chi connectivity index (χ4v) is 2.60. The molecule has 0 bridgehead atoms. The number of benzene rings is 2. The Morgan fingerprint density at radius 1 is 1.08 bits per heavy atom. The number of halogens is 4. The molecule has 1 aromatic heterocycles. The van der Waals surface area contributed by atoms with Gasteiger partial charge in [0.25, 0.3) is 0 Å². The Kier molecular flexibility index (Phi) is 4.79. The molecule has 0 aliphatic carbocycles. The van der Waals surface area contributed by atoms with Crippen molar-refractivity contribution in [2.45, 2.75) is 19.3 Å². The van der Waals surface area contributed by atoms with E-state index < -0.39 is 18.1 Å². The van der Waals surface area contributed by atoms with Crippen molar-refractivity contribution in [1.82, 2.24) is 4.98 Å². The second kappa shape index (κ2) is 7.01. The minimum Gasteiger partial charge on any atom is -0.359 e. The van der Waals surface area contributed by atoms with Gasteiger partial charge in [-0.3, -0.25) is 0 Å². The normalized spacial score (nSPS) is 11.2. The van der Waals surface area contributed by atoms with Crippen molar-refractivity contribution in [2.75, 3.05) is 5.32 Å². The van der Waals surface area contributed by atoms with Gasteiger partial charge in [-0.15, -0.1) is 0 Å². The molecule has 0 atom stereocenters. The van der Waals surface area contributed by atoms with E-state index in [-0.39, 0.29) is 6.42 Å². The fourth-order valence-electron chi connectivity index (χ4n) is 2.60. The van der Waals surface area contributed by atoms with Gasteiger partial charge in [-0.05, 0) is 23.6 Å². The zero-order valence-corrected chi connectivity index (χ0v) is 13.3. The Balaban J connectivity index is 1.75. The third-order valence-corrected chi connectivity index (χ3v) is 3.96. The predicted molar refractivity (Wildman–Crippen MR) is 91.6 cm³/mol. The molecule has 6 heteroatoms. The maximum absolute atomic E-state index is 13.4. The molecule has 0 spiro atoms. The summed E-state index contributed by atoms with van der Waals surface area (Å²) in [4.78, 5) is 2.87. The molecule has 0 fully saturated rings. The molecule has 3 aromatic rings. The minimum absolute atomic E-state index is 0.171. The summed E-state index contributed by atoms with van der Waals surface area (Å²) < 4.78 is 51.2. The molecule has 0 unspecified atom stereocenters.